The van der Waals surface area contributed by atoms with Crippen LogP contribution in [0, 0.1) is 0 Å². The van der Waals surface area contributed by atoms with Crippen molar-refractivity contribution < 1.29 is 47.4 Å². The Bertz CT molecular complexity index is 5180. The Morgan fingerprint density at radius 2 is 0.628 bits per heavy atom. The Labute approximate surface area is 777 Å². The number of fused-ring (bicyclic) bond motifs is 3. The van der Waals surface area contributed by atoms with Crippen LogP contribution < -0.4 is 28.4 Å². The molecule has 12 aromatic carbocycles. The summed E-state index contributed by atoms with van der Waals surface area (Å²) in [6.45, 7) is 11.9. The molecule has 129 heavy (non-hydrogen) atoms. The molecule has 4 aliphatic heterocycles. The molecule has 14 nitrogen and oxygen atoms in total. The van der Waals surface area contributed by atoms with E-state index >= 15 is 0 Å². The van der Waals surface area contributed by atoms with Crippen LogP contribution in [0.1, 0.15) is 162 Å². The van der Waals surface area contributed by atoms with Crippen molar-refractivity contribution in [3.63, 3.8) is 0 Å². The molecular weight excluding hydrogens is 1640 g/mol. The lowest BCUT2D eigenvalue weighted by Gasteiger charge is -2.27. The Morgan fingerprint density at radius 1 is 0.287 bits per heavy atom. The molecule has 6 atom stereocenters. The molecule has 4 fully saturated rings. The van der Waals surface area contributed by atoms with Gasteiger partial charge in [-0.1, -0.05) is 242 Å². The van der Waals surface area contributed by atoms with Gasteiger partial charge in [-0.15, -0.1) is 0 Å². The van der Waals surface area contributed by atoms with Crippen LogP contribution in [0.25, 0.3) is 11.1 Å². The van der Waals surface area contributed by atoms with E-state index in [2.05, 4.69) is 232 Å². The number of para-hydroxylation sites is 2. The van der Waals surface area contributed by atoms with Gasteiger partial charge in [-0.25, -0.2) is 0 Å². The second kappa shape index (κ2) is 50.2. The first-order valence-corrected chi connectivity index (χ1v) is 47.3. The molecular formula is C113H130Cl2N4O10. The summed E-state index contributed by atoms with van der Waals surface area (Å²) in [5.41, 5.74) is 17.4. The number of methoxy groups -OCH3 is 6. The van der Waals surface area contributed by atoms with Crippen LogP contribution in [0.5, 0.6) is 34.5 Å². The van der Waals surface area contributed by atoms with Crippen molar-refractivity contribution >= 4 is 23.2 Å². The summed E-state index contributed by atoms with van der Waals surface area (Å²) in [4.78, 5) is 10.4. The Hall–Kier alpha value is -10.3. The highest BCUT2D eigenvalue weighted by Crippen LogP contribution is 2.46. The number of hydrogen-bond acceptors (Lipinski definition) is 14. The zero-order valence-corrected chi connectivity index (χ0v) is 77.7. The van der Waals surface area contributed by atoms with Gasteiger partial charge in [-0.2, -0.15) is 0 Å². The molecule has 676 valence electrons. The second-order valence-corrected chi connectivity index (χ2v) is 35.1. The molecule has 0 aromatic heterocycles. The average molecular weight is 1780 g/mol. The van der Waals surface area contributed by atoms with E-state index < -0.39 is 0 Å². The fraction of sp³-hybridized carbons (Fsp3) is 0.363. The van der Waals surface area contributed by atoms with E-state index in [1.165, 1.54) is 120 Å². The maximum Gasteiger partial charge on any atom is 0.122 e. The molecule has 17 rings (SSSR count). The zero-order valence-electron chi connectivity index (χ0n) is 76.2. The van der Waals surface area contributed by atoms with Gasteiger partial charge in [0.15, 0.2) is 0 Å². The second-order valence-electron chi connectivity index (χ2n) is 34.2. The number of ether oxygens (including phenoxy) is 10. The highest BCUT2D eigenvalue weighted by atomic mass is 35.5. The van der Waals surface area contributed by atoms with Crippen molar-refractivity contribution in [2.75, 3.05) is 121 Å². The van der Waals surface area contributed by atoms with Gasteiger partial charge in [0.2, 0.25) is 0 Å². The molecule has 0 radical (unpaired) electrons. The summed E-state index contributed by atoms with van der Waals surface area (Å²) >= 11 is 12.2. The smallest absolute Gasteiger partial charge is 0.122 e. The van der Waals surface area contributed by atoms with Crippen molar-refractivity contribution in [2.45, 2.75) is 145 Å². The van der Waals surface area contributed by atoms with Gasteiger partial charge in [0.25, 0.3) is 0 Å². The van der Waals surface area contributed by atoms with Gasteiger partial charge >= 0.3 is 0 Å². The number of benzene rings is 12. The maximum absolute atomic E-state index is 6.63. The summed E-state index contributed by atoms with van der Waals surface area (Å²) in [5.74, 6) is 5.51. The molecule has 4 saturated heterocycles. The molecule has 0 N–H and O–H groups in total. The van der Waals surface area contributed by atoms with E-state index in [-0.39, 0.29) is 24.4 Å². The summed E-state index contributed by atoms with van der Waals surface area (Å²) in [6, 6.07) is 106. The molecule has 0 amide bonds. The van der Waals surface area contributed by atoms with Crippen molar-refractivity contribution in [3.05, 3.63) is 380 Å². The van der Waals surface area contributed by atoms with Crippen LogP contribution in [-0.4, -0.2) is 165 Å². The lowest BCUT2D eigenvalue weighted by atomic mass is 10.0. The fourth-order valence-electron chi connectivity index (χ4n) is 19.0. The third-order valence-electron chi connectivity index (χ3n) is 26.0. The van der Waals surface area contributed by atoms with Crippen molar-refractivity contribution in [3.8, 4) is 45.6 Å². The minimum atomic E-state index is -0.136. The third kappa shape index (κ3) is 27.2. The first-order chi connectivity index (χ1) is 63.5. The largest absolute Gasteiger partial charge is 0.497 e. The predicted octanol–water partition coefficient (Wildman–Crippen LogP) is 24.5. The third-order valence-corrected chi connectivity index (χ3v) is 26.5. The standard InChI is InChI=1S/C30H37NO4.C28H32ClNO2.C28H31NO2.C27H30ClNO2/c1-32-27-16-12-24(13-17-27)30(25-14-18-28(33-2)19-15-25)35-22-26-10-7-21-31(26)20-6-9-23-8-4-5-11-29(23)34-3;1-31-27-14-6-5-9-22(27)12-7-19-30-20-8-13-26(30)21-32-28(23-10-3-2-4-11-23)24-15-17-25(29)18-16-24;1-30-23-16-14-21(15-17-23)8-6-18-29-19-7-9-22(29)20-31-28-26-12-4-2-10-24(26)25-11-3-5-13-27(25)28;1-30-26-11-5-7-21(19-26)16-18-29-17-6-10-25(29)20-31-27(22-8-3-2-4-9-22)23-12-14-24(28)15-13-23/h4-5,8,11-19,26,30H,6-7,9-10,20-22H2,1-3H3;2-6,9-11,14-18,26,28H,7-8,12-13,19-21H2,1H3;2-5,10-17,22,28H,6-9,18-20H2,1H3;2-5,7-9,11-15,19,25,27H,6,10,16-18,20H2,1H3/t26-;26-,28?;22-;25-,27?/m0000/s1. The molecule has 0 spiro atoms. The lowest BCUT2D eigenvalue weighted by molar-refractivity contribution is 0.0376. The molecule has 5 aliphatic rings. The number of rotatable bonds is 39. The van der Waals surface area contributed by atoms with Crippen LogP contribution in [0.3, 0.4) is 0 Å². The van der Waals surface area contributed by atoms with Gasteiger partial charge < -0.3 is 47.4 Å². The van der Waals surface area contributed by atoms with E-state index in [1.807, 2.05) is 91.0 Å². The number of aryl methyl sites for hydroxylation is 3. The van der Waals surface area contributed by atoms with Crippen LogP contribution in [0.15, 0.2) is 303 Å². The maximum atomic E-state index is 6.63. The van der Waals surface area contributed by atoms with Gasteiger partial charge in [0.1, 0.15) is 58.9 Å². The van der Waals surface area contributed by atoms with Gasteiger partial charge in [-0.3, -0.25) is 19.6 Å². The molecule has 4 heterocycles. The molecule has 1 aliphatic carbocycles. The van der Waals surface area contributed by atoms with Crippen molar-refractivity contribution in [1.29, 1.82) is 0 Å². The number of likely N-dealkylation sites (tertiary alicyclic amines) is 4. The normalized spacial score (nSPS) is 17.2. The molecule has 0 bridgehead atoms. The Morgan fingerprint density at radius 3 is 1.03 bits per heavy atom. The molecule has 0 saturated carbocycles. The lowest BCUT2D eigenvalue weighted by Crippen LogP contribution is -2.35. The van der Waals surface area contributed by atoms with Crippen LogP contribution in [-0.2, 0) is 44.6 Å². The number of halogens is 2. The Kier molecular flexibility index (Phi) is 36.9. The van der Waals surface area contributed by atoms with Crippen LogP contribution in [0.4, 0.5) is 0 Å². The quantitative estimate of drug-likeness (QED) is 0.0365. The monoisotopic (exact) mass is 1770 g/mol. The van der Waals surface area contributed by atoms with E-state index in [0.717, 1.165) is 171 Å². The summed E-state index contributed by atoms with van der Waals surface area (Å²) < 4.78 is 58.7. The van der Waals surface area contributed by atoms with Gasteiger partial charge in [-0.05, 0) is 305 Å². The van der Waals surface area contributed by atoms with E-state index in [4.69, 9.17) is 70.6 Å². The van der Waals surface area contributed by atoms with Crippen LogP contribution >= 0.6 is 23.2 Å². The molecule has 2 unspecified atom stereocenters. The van der Waals surface area contributed by atoms with Crippen molar-refractivity contribution in [2.24, 2.45) is 0 Å². The van der Waals surface area contributed by atoms with Gasteiger partial charge in [0, 0.05) is 40.8 Å². The summed E-state index contributed by atoms with van der Waals surface area (Å²) in [5, 5.41) is 1.49. The Balaban J connectivity index is 0.000000139. The SMILES string of the molecule is COc1ccc(C(OC[C@@H]2CCCN2CCCc2ccccc2OC)c2ccc(OC)cc2)cc1.COc1ccc(CCCN2CCC[C@H]2COC2c3ccccc3-c3ccccc32)cc1.COc1cccc(CCN2CCC[C@H]2COC(c2ccccc2)c2ccc(Cl)cc2)c1.COc1ccccc1CCCN1CCC[C@H]1COC(c1ccccc1)c1ccc(Cl)cc1. The first-order valence-electron chi connectivity index (χ1n) is 46.5. The number of hydrogen-bond donors (Lipinski definition) is 0. The van der Waals surface area contributed by atoms with Crippen molar-refractivity contribution in [1.82, 2.24) is 19.6 Å². The fourth-order valence-corrected chi connectivity index (χ4v) is 19.3. The van der Waals surface area contributed by atoms with E-state index in [1.54, 1.807) is 42.7 Å². The predicted molar refractivity (Wildman–Crippen MR) is 524 cm³/mol. The molecule has 16 heteroatoms. The highest BCUT2D eigenvalue weighted by molar-refractivity contribution is 6.30. The van der Waals surface area contributed by atoms with E-state index in [9.17, 15) is 0 Å². The van der Waals surface area contributed by atoms with Gasteiger partial charge in [0.05, 0.1) is 69.1 Å². The topological polar surface area (TPSA) is 105 Å². The summed E-state index contributed by atoms with van der Waals surface area (Å²) in [7, 11) is 10.3. The number of nitrogens with zero attached hydrogens (tertiary/aromatic N) is 4. The minimum Gasteiger partial charge on any atom is -0.497 e. The minimum absolute atomic E-state index is 0.0640. The zero-order chi connectivity index (χ0) is 89.1. The summed E-state index contributed by atoms with van der Waals surface area (Å²) in [6.07, 6.45) is 17.1. The molecule has 12 aromatic rings. The average Bonchev–Trinajstić information content (AvgIpc) is 1.61. The van der Waals surface area contributed by atoms with Crippen LogP contribution in [0.2, 0.25) is 10.0 Å². The van der Waals surface area contributed by atoms with E-state index in [0.29, 0.717) is 30.8 Å². The highest BCUT2D eigenvalue weighted by Gasteiger charge is 2.34. The first kappa shape index (κ1) is 94.8.